The lowest BCUT2D eigenvalue weighted by atomic mass is 9.89. The van der Waals surface area contributed by atoms with Gasteiger partial charge < -0.3 is 11.5 Å². The minimum atomic E-state index is -4.63. The monoisotopic (exact) mass is 320 g/mol. The Morgan fingerprint density at radius 2 is 1.86 bits per heavy atom. The highest BCUT2D eigenvalue weighted by Crippen LogP contribution is 2.33. The molecule has 0 fully saturated rings. The molecule has 22 heavy (non-hydrogen) atoms. The summed E-state index contributed by atoms with van der Waals surface area (Å²) in [6.07, 6.45) is -3.31. The Morgan fingerprint density at radius 3 is 2.27 bits per heavy atom. The Hall–Kier alpha value is -1.63. The molecule has 4 N–H and O–H groups in total. The molecule has 0 bridgehead atoms. The van der Waals surface area contributed by atoms with E-state index in [0.717, 1.165) is 12.1 Å². The van der Waals surface area contributed by atoms with Crippen LogP contribution in [0.2, 0.25) is 0 Å². The van der Waals surface area contributed by atoms with Crippen LogP contribution >= 0.6 is 0 Å². The number of hydrogen-bond acceptors (Lipinski definition) is 2. The van der Waals surface area contributed by atoms with Crippen molar-refractivity contribution in [3.8, 4) is 0 Å². The molecular weight excluding hydrogens is 300 g/mol. The fourth-order valence-electron chi connectivity index (χ4n) is 2.20. The second-order valence-electron chi connectivity index (χ2n) is 6.07. The lowest BCUT2D eigenvalue weighted by Crippen LogP contribution is -2.32. The van der Waals surface area contributed by atoms with Crippen molar-refractivity contribution in [1.82, 2.24) is 0 Å². The van der Waals surface area contributed by atoms with Crippen molar-refractivity contribution in [1.29, 1.82) is 0 Å². The summed E-state index contributed by atoms with van der Waals surface area (Å²) in [7, 11) is 0. The van der Waals surface area contributed by atoms with Crippen LogP contribution in [0, 0.1) is 5.82 Å². The molecule has 3 nitrogen and oxygen atoms in total. The van der Waals surface area contributed by atoms with E-state index >= 15 is 0 Å². The van der Waals surface area contributed by atoms with Gasteiger partial charge in [0.25, 0.3) is 0 Å². The van der Waals surface area contributed by atoms with E-state index in [2.05, 4.69) is 0 Å². The van der Waals surface area contributed by atoms with Gasteiger partial charge in [-0.25, -0.2) is 4.39 Å². The van der Waals surface area contributed by atoms with Gasteiger partial charge in [-0.05, 0) is 38.8 Å². The van der Waals surface area contributed by atoms with Gasteiger partial charge in [-0.15, -0.1) is 0 Å². The SMILES string of the molecule is CC(C)(N)CCC[C@@H](C(N)=O)c1ccc(C(F)(F)F)cc1F. The molecule has 0 aliphatic rings. The average Bonchev–Trinajstić information content (AvgIpc) is 2.32. The van der Waals surface area contributed by atoms with Crippen molar-refractivity contribution < 1.29 is 22.4 Å². The number of carbonyl (C=O) groups excluding carboxylic acids is 1. The second kappa shape index (κ2) is 6.64. The predicted octanol–water partition coefficient (Wildman–Crippen LogP) is 3.32. The van der Waals surface area contributed by atoms with Crippen LogP contribution in [0.3, 0.4) is 0 Å². The molecule has 0 spiro atoms. The smallest absolute Gasteiger partial charge is 0.369 e. The maximum Gasteiger partial charge on any atom is 0.416 e. The molecule has 1 rings (SSSR count). The number of amides is 1. The van der Waals surface area contributed by atoms with E-state index in [4.69, 9.17) is 11.5 Å². The zero-order valence-electron chi connectivity index (χ0n) is 12.5. The maximum absolute atomic E-state index is 13.9. The molecule has 1 aromatic rings. The molecule has 0 saturated heterocycles. The fraction of sp³-hybridized carbons (Fsp3) is 0.533. The first-order valence-corrected chi connectivity index (χ1v) is 6.86. The average molecular weight is 320 g/mol. The van der Waals surface area contributed by atoms with Gasteiger partial charge in [0.15, 0.2) is 0 Å². The summed E-state index contributed by atoms with van der Waals surface area (Å²) in [4.78, 5) is 11.5. The lowest BCUT2D eigenvalue weighted by molar-refractivity contribution is -0.137. The molecular formula is C15H20F4N2O. The summed E-state index contributed by atoms with van der Waals surface area (Å²) >= 11 is 0. The van der Waals surface area contributed by atoms with Crippen molar-refractivity contribution in [2.45, 2.75) is 50.7 Å². The number of halogens is 4. The normalized spacial score (nSPS) is 14.0. The van der Waals surface area contributed by atoms with E-state index in [0.29, 0.717) is 18.9 Å². The topological polar surface area (TPSA) is 69.1 Å². The molecule has 1 atom stereocenters. The standard InChI is InChI=1S/C15H20F4N2O/c1-14(2,21)7-3-4-11(13(20)22)10-6-5-9(8-12(10)16)15(17,18)19/h5-6,8,11H,3-4,7,21H2,1-2H3,(H2,20,22)/t11-/m1/s1. The Balaban J connectivity index is 2.95. The summed E-state index contributed by atoms with van der Waals surface area (Å²) in [5.74, 6) is -2.82. The molecule has 0 aliphatic carbocycles. The Labute approximate surface area is 126 Å². The van der Waals surface area contributed by atoms with E-state index < -0.39 is 34.9 Å². The van der Waals surface area contributed by atoms with Gasteiger partial charge in [0.2, 0.25) is 5.91 Å². The molecule has 1 amide bonds. The molecule has 0 radical (unpaired) electrons. The van der Waals surface area contributed by atoms with Crippen LogP contribution in [0.5, 0.6) is 0 Å². The second-order valence-corrected chi connectivity index (χ2v) is 6.07. The summed E-state index contributed by atoms with van der Waals surface area (Å²) in [5.41, 5.74) is 9.41. The molecule has 124 valence electrons. The minimum absolute atomic E-state index is 0.115. The van der Waals surface area contributed by atoms with Crippen LogP contribution in [0.25, 0.3) is 0 Å². The Morgan fingerprint density at radius 1 is 1.27 bits per heavy atom. The number of nitrogens with two attached hydrogens (primary N) is 2. The molecule has 0 aromatic heterocycles. The fourth-order valence-corrected chi connectivity index (χ4v) is 2.20. The van der Waals surface area contributed by atoms with Gasteiger partial charge in [-0.3, -0.25) is 4.79 Å². The van der Waals surface area contributed by atoms with E-state index in [-0.39, 0.29) is 12.0 Å². The number of alkyl halides is 3. The van der Waals surface area contributed by atoms with Crippen molar-refractivity contribution in [3.63, 3.8) is 0 Å². The number of hydrogen-bond donors (Lipinski definition) is 2. The molecule has 1 aromatic carbocycles. The number of primary amides is 1. The molecule has 7 heteroatoms. The molecule has 0 unspecified atom stereocenters. The van der Waals surface area contributed by atoms with Gasteiger partial charge in [0.1, 0.15) is 5.82 Å². The van der Waals surface area contributed by atoms with Gasteiger partial charge in [-0.1, -0.05) is 12.5 Å². The number of benzene rings is 1. The highest BCUT2D eigenvalue weighted by Gasteiger charge is 2.32. The van der Waals surface area contributed by atoms with Crippen LogP contribution in [-0.2, 0) is 11.0 Å². The first-order chi connectivity index (χ1) is 9.92. The minimum Gasteiger partial charge on any atom is -0.369 e. The lowest BCUT2D eigenvalue weighted by Gasteiger charge is -2.20. The highest BCUT2D eigenvalue weighted by molar-refractivity contribution is 5.82. The third kappa shape index (κ3) is 5.29. The van der Waals surface area contributed by atoms with Crippen LogP contribution in [0.4, 0.5) is 17.6 Å². The molecule has 0 heterocycles. The van der Waals surface area contributed by atoms with Crippen LogP contribution in [0.15, 0.2) is 18.2 Å². The molecule has 0 saturated carbocycles. The highest BCUT2D eigenvalue weighted by atomic mass is 19.4. The summed E-state index contributed by atoms with van der Waals surface area (Å²) in [6.45, 7) is 3.62. The van der Waals surface area contributed by atoms with Crippen molar-refractivity contribution in [2.24, 2.45) is 11.5 Å². The van der Waals surface area contributed by atoms with Crippen LogP contribution in [-0.4, -0.2) is 11.4 Å². The van der Waals surface area contributed by atoms with Crippen molar-refractivity contribution >= 4 is 5.91 Å². The number of carbonyl (C=O) groups is 1. The van der Waals surface area contributed by atoms with E-state index in [1.807, 2.05) is 13.8 Å². The van der Waals surface area contributed by atoms with E-state index in [1.54, 1.807) is 0 Å². The third-order valence-corrected chi connectivity index (χ3v) is 3.36. The van der Waals surface area contributed by atoms with Crippen molar-refractivity contribution in [3.05, 3.63) is 35.1 Å². The third-order valence-electron chi connectivity index (χ3n) is 3.36. The van der Waals surface area contributed by atoms with Crippen molar-refractivity contribution in [2.75, 3.05) is 0 Å². The van der Waals surface area contributed by atoms with E-state index in [1.165, 1.54) is 0 Å². The van der Waals surface area contributed by atoms with Gasteiger partial charge in [-0.2, -0.15) is 13.2 Å². The first-order valence-electron chi connectivity index (χ1n) is 6.86. The molecule has 0 aliphatic heterocycles. The predicted molar refractivity (Wildman–Crippen MR) is 75.5 cm³/mol. The Bertz CT molecular complexity index is 535. The largest absolute Gasteiger partial charge is 0.416 e. The van der Waals surface area contributed by atoms with Gasteiger partial charge in [0.05, 0.1) is 11.5 Å². The van der Waals surface area contributed by atoms with Crippen LogP contribution in [0.1, 0.15) is 50.2 Å². The quantitative estimate of drug-likeness (QED) is 0.789. The zero-order chi connectivity index (χ0) is 17.1. The van der Waals surface area contributed by atoms with E-state index in [9.17, 15) is 22.4 Å². The van der Waals surface area contributed by atoms with Gasteiger partial charge >= 0.3 is 6.18 Å². The summed E-state index contributed by atoms with van der Waals surface area (Å²) in [6, 6.07) is 2.11. The first kappa shape index (κ1) is 18.4. The summed E-state index contributed by atoms with van der Waals surface area (Å²) in [5, 5.41) is 0. The van der Waals surface area contributed by atoms with Gasteiger partial charge in [0, 0.05) is 11.1 Å². The maximum atomic E-state index is 13.9. The summed E-state index contributed by atoms with van der Waals surface area (Å²) < 4.78 is 51.5. The Kier molecular flexibility index (Phi) is 5.56. The number of rotatable bonds is 6. The van der Waals surface area contributed by atoms with Crippen LogP contribution < -0.4 is 11.5 Å². The zero-order valence-corrected chi connectivity index (χ0v) is 12.5.